The summed E-state index contributed by atoms with van der Waals surface area (Å²) in [5, 5.41) is 12.6. The first-order chi connectivity index (χ1) is 8.65. The van der Waals surface area contributed by atoms with Crippen molar-refractivity contribution >= 4 is 34.0 Å². The number of hydrogen-bond acceptors (Lipinski definition) is 6. The lowest BCUT2D eigenvalue weighted by molar-refractivity contribution is -0.116. The summed E-state index contributed by atoms with van der Waals surface area (Å²) < 4.78 is 0.871. The fraction of sp³-hybridized carbons (Fsp3) is 0.750. The first-order valence-corrected chi connectivity index (χ1v) is 8.12. The molecular weight excluding hydrogens is 266 g/mol. The minimum Gasteiger partial charge on any atom is -0.357 e. The second-order valence-corrected chi connectivity index (χ2v) is 7.29. The number of nitrogens with zero attached hydrogens (tertiary/aromatic N) is 2. The zero-order chi connectivity index (χ0) is 13.0. The molecule has 0 amide bonds. The molecule has 1 aromatic rings. The van der Waals surface area contributed by atoms with Crippen LogP contribution in [0.3, 0.4) is 0 Å². The van der Waals surface area contributed by atoms with E-state index >= 15 is 0 Å². The summed E-state index contributed by atoms with van der Waals surface area (Å²) in [5.41, 5.74) is 0. The molecule has 1 aromatic heterocycles. The molecule has 1 heterocycles. The maximum Gasteiger partial charge on any atom is 0.206 e. The Kier molecular flexibility index (Phi) is 5.00. The van der Waals surface area contributed by atoms with Gasteiger partial charge in [0.2, 0.25) is 5.13 Å². The van der Waals surface area contributed by atoms with Crippen molar-refractivity contribution in [1.82, 2.24) is 10.2 Å². The molecule has 0 spiro atoms. The van der Waals surface area contributed by atoms with Crippen LogP contribution in [0.2, 0.25) is 0 Å². The number of thioether (sulfide) groups is 1. The summed E-state index contributed by atoms with van der Waals surface area (Å²) in [5.74, 6) is 0.178. The third kappa shape index (κ3) is 3.95. The number of carbonyl (C=O) groups excluding carboxylic acids is 1. The van der Waals surface area contributed by atoms with E-state index < -0.39 is 0 Å². The van der Waals surface area contributed by atoms with Crippen molar-refractivity contribution in [3.63, 3.8) is 0 Å². The summed E-state index contributed by atoms with van der Waals surface area (Å²) in [6.07, 6.45) is 6.42. The van der Waals surface area contributed by atoms with Gasteiger partial charge >= 0.3 is 0 Å². The van der Waals surface area contributed by atoms with Crippen LogP contribution in [0.1, 0.15) is 46.0 Å². The number of ketones is 1. The highest BCUT2D eigenvalue weighted by Gasteiger charge is 2.17. The maximum atomic E-state index is 11.2. The van der Waals surface area contributed by atoms with Crippen LogP contribution in [0.25, 0.3) is 0 Å². The van der Waals surface area contributed by atoms with Gasteiger partial charge in [0, 0.05) is 6.04 Å². The molecule has 0 bridgehead atoms. The largest absolute Gasteiger partial charge is 0.357 e. The highest BCUT2D eigenvalue weighted by atomic mass is 32.2. The van der Waals surface area contributed by atoms with E-state index in [0.29, 0.717) is 6.04 Å². The normalized spacial score (nSPS) is 18.6. The van der Waals surface area contributed by atoms with Crippen LogP contribution in [-0.2, 0) is 4.79 Å². The Morgan fingerprint density at radius 3 is 2.78 bits per heavy atom. The predicted octanol–water partition coefficient (Wildman–Crippen LogP) is 3.35. The van der Waals surface area contributed by atoms with E-state index in [1.807, 2.05) is 6.92 Å². The number of nitrogens with one attached hydrogen (secondary N) is 1. The van der Waals surface area contributed by atoms with Gasteiger partial charge < -0.3 is 5.32 Å². The highest BCUT2D eigenvalue weighted by Crippen LogP contribution is 2.30. The Labute approximate surface area is 116 Å². The molecule has 100 valence electrons. The molecule has 0 saturated heterocycles. The molecule has 4 nitrogen and oxygen atoms in total. The minimum absolute atomic E-state index is 0.0412. The summed E-state index contributed by atoms with van der Waals surface area (Å²) in [6, 6.07) is 0.551. The van der Waals surface area contributed by atoms with Gasteiger partial charge in [0.05, 0.1) is 5.25 Å². The molecule has 6 heteroatoms. The van der Waals surface area contributed by atoms with E-state index in [-0.39, 0.29) is 11.0 Å². The van der Waals surface area contributed by atoms with Gasteiger partial charge in [0.1, 0.15) is 5.78 Å². The van der Waals surface area contributed by atoms with E-state index in [1.165, 1.54) is 43.9 Å². The van der Waals surface area contributed by atoms with E-state index in [9.17, 15) is 4.79 Å². The third-order valence-corrected chi connectivity index (χ3v) is 5.35. The summed E-state index contributed by atoms with van der Waals surface area (Å²) in [7, 11) is 0. The molecule has 18 heavy (non-hydrogen) atoms. The second kappa shape index (κ2) is 6.52. The minimum atomic E-state index is -0.0412. The number of rotatable bonds is 5. The Morgan fingerprint density at radius 1 is 1.39 bits per heavy atom. The SMILES string of the molecule is CC(=O)[C@@H](C)Sc1nnc(NC2CCCCC2)s1. The zero-order valence-corrected chi connectivity index (χ0v) is 12.4. The van der Waals surface area contributed by atoms with Crippen LogP contribution in [0.4, 0.5) is 5.13 Å². The molecule has 0 radical (unpaired) electrons. The molecule has 1 fully saturated rings. The van der Waals surface area contributed by atoms with Crippen molar-refractivity contribution < 1.29 is 4.79 Å². The monoisotopic (exact) mass is 285 g/mol. The quantitative estimate of drug-likeness (QED) is 0.841. The number of carbonyl (C=O) groups is 1. The highest BCUT2D eigenvalue weighted by molar-refractivity contribution is 8.02. The summed E-state index contributed by atoms with van der Waals surface area (Å²) in [6.45, 7) is 3.52. The molecule has 0 aromatic carbocycles. The van der Waals surface area contributed by atoms with E-state index in [4.69, 9.17) is 0 Å². The average Bonchev–Trinajstić information content (AvgIpc) is 2.77. The Balaban J connectivity index is 1.87. The first kappa shape index (κ1) is 13.8. The number of aromatic nitrogens is 2. The smallest absolute Gasteiger partial charge is 0.206 e. The lowest BCUT2D eigenvalue weighted by Gasteiger charge is -2.21. The van der Waals surface area contributed by atoms with Crippen molar-refractivity contribution in [2.24, 2.45) is 0 Å². The fourth-order valence-corrected chi connectivity index (χ4v) is 3.94. The van der Waals surface area contributed by atoms with Crippen molar-refractivity contribution in [1.29, 1.82) is 0 Å². The number of Topliss-reactive ketones (excluding diaryl/α,β-unsaturated/α-hetero) is 1. The van der Waals surface area contributed by atoms with Gasteiger partial charge in [0.15, 0.2) is 4.34 Å². The van der Waals surface area contributed by atoms with Crippen molar-refractivity contribution in [2.75, 3.05) is 5.32 Å². The Morgan fingerprint density at radius 2 is 2.11 bits per heavy atom. The van der Waals surface area contributed by atoms with Gasteiger partial charge in [0.25, 0.3) is 0 Å². The van der Waals surface area contributed by atoms with Crippen LogP contribution < -0.4 is 5.32 Å². The van der Waals surface area contributed by atoms with Crippen LogP contribution in [0, 0.1) is 0 Å². The number of anilines is 1. The molecule has 1 saturated carbocycles. The molecule has 2 rings (SSSR count). The summed E-state index contributed by atoms with van der Waals surface area (Å²) >= 11 is 3.04. The second-order valence-electron chi connectivity index (χ2n) is 4.72. The van der Waals surface area contributed by atoms with Crippen LogP contribution in [-0.4, -0.2) is 27.3 Å². The standard InChI is InChI=1S/C12H19N3OS2/c1-8(16)9(2)17-12-15-14-11(18-12)13-10-6-4-3-5-7-10/h9-10H,3-7H2,1-2H3,(H,13,14)/t9-/m1/s1. The molecule has 1 aliphatic rings. The lowest BCUT2D eigenvalue weighted by atomic mass is 9.96. The maximum absolute atomic E-state index is 11.2. The van der Waals surface area contributed by atoms with E-state index in [2.05, 4.69) is 15.5 Å². The molecule has 1 atom stereocenters. The van der Waals surface area contributed by atoms with E-state index in [0.717, 1.165) is 9.47 Å². The van der Waals surface area contributed by atoms with Gasteiger partial charge in [-0.3, -0.25) is 4.79 Å². The molecule has 0 unspecified atom stereocenters. The van der Waals surface area contributed by atoms with Gasteiger partial charge in [-0.25, -0.2) is 0 Å². The molecule has 1 N–H and O–H groups in total. The van der Waals surface area contributed by atoms with Crippen LogP contribution in [0.15, 0.2) is 4.34 Å². The van der Waals surface area contributed by atoms with Crippen LogP contribution in [0.5, 0.6) is 0 Å². The summed E-state index contributed by atoms with van der Waals surface area (Å²) in [4.78, 5) is 11.2. The molecule has 0 aliphatic heterocycles. The van der Waals surface area contributed by atoms with Gasteiger partial charge in [-0.1, -0.05) is 42.4 Å². The molecule has 1 aliphatic carbocycles. The van der Waals surface area contributed by atoms with Gasteiger partial charge in [-0.05, 0) is 26.7 Å². The first-order valence-electron chi connectivity index (χ1n) is 6.42. The van der Waals surface area contributed by atoms with Gasteiger partial charge in [-0.15, -0.1) is 10.2 Å². The van der Waals surface area contributed by atoms with E-state index in [1.54, 1.807) is 18.3 Å². The Bertz CT molecular complexity index is 402. The van der Waals surface area contributed by atoms with Crippen LogP contribution >= 0.6 is 23.1 Å². The molecular formula is C12H19N3OS2. The average molecular weight is 285 g/mol. The van der Waals surface area contributed by atoms with Crippen molar-refractivity contribution in [2.45, 2.75) is 61.6 Å². The third-order valence-electron chi connectivity index (χ3n) is 3.19. The lowest BCUT2D eigenvalue weighted by Crippen LogP contribution is -2.21. The zero-order valence-electron chi connectivity index (χ0n) is 10.8. The topological polar surface area (TPSA) is 54.9 Å². The number of hydrogen-bond donors (Lipinski definition) is 1. The van der Waals surface area contributed by atoms with Crippen molar-refractivity contribution in [3.05, 3.63) is 0 Å². The predicted molar refractivity (Wildman–Crippen MR) is 76.4 cm³/mol. The van der Waals surface area contributed by atoms with Gasteiger partial charge in [-0.2, -0.15) is 0 Å². The fourth-order valence-electron chi connectivity index (χ4n) is 1.97. The Hall–Kier alpha value is -0.620. The van der Waals surface area contributed by atoms with Crippen molar-refractivity contribution in [3.8, 4) is 0 Å².